The molecule has 30 heavy (non-hydrogen) atoms. The van der Waals surface area contributed by atoms with Crippen LogP contribution in [-0.2, 0) is 16.6 Å². The Morgan fingerprint density at radius 2 is 1.77 bits per heavy atom. The lowest BCUT2D eigenvalue weighted by atomic mass is 10.1. The van der Waals surface area contributed by atoms with Crippen molar-refractivity contribution in [1.82, 2.24) is 15.6 Å². The average Bonchev–Trinajstić information content (AvgIpc) is 3.24. The molecule has 0 unspecified atom stereocenters. The number of hydrazine groups is 1. The van der Waals surface area contributed by atoms with Crippen LogP contribution in [-0.4, -0.2) is 20.2 Å². The van der Waals surface area contributed by atoms with Gasteiger partial charge in [0.1, 0.15) is 5.76 Å². The molecule has 2 aromatic carbocycles. The first-order valence-electron chi connectivity index (χ1n) is 8.75. The summed E-state index contributed by atoms with van der Waals surface area (Å²) >= 11 is 5.85. The Kier molecular flexibility index (Phi) is 6.56. The minimum Gasteiger partial charge on any atom is -0.468 e. The summed E-state index contributed by atoms with van der Waals surface area (Å²) in [5.41, 5.74) is 5.46. The summed E-state index contributed by atoms with van der Waals surface area (Å²) in [5, 5.41) is 0.379. The highest BCUT2D eigenvalue weighted by Gasteiger charge is 2.19. The van der Waals surface area contributed by atoms with E-state index in [2.05, 4.69) is 15.6 Å². The van der Waals surface area contributed by atoms with Gasteiger partial charge < -0.3 is 4.42 Å². The van der Waals surface area contributed by atoms with E-state index in [9.17, 15) is 18.0 Å². The largest absolute Gasteiger partial charge is 0.468 e. The van der Waals surface area contributed by atoms with E-state index in [1.807, 2.05) is 0 Å². The molecule has 3 rings (SSSR count). The van der Waals surface area contributed by atoms with Crippen molar-refractivity contribution in [2.24, 2.45) is 0 Å². The fourth-order valence-corrected chi connectivity index (χ4v) is 3.77. The number of hydrogen-bond donors (Lipinski definition) is 3. The standard InChI is InChI=1S/C20H18ClN3O5S/c1-13-7-8-17(30(27,28)22-12-16-6-3-9-29-16)11-18(13)20(26)24-23-19(25)14-4-2-5-15(21)10-14/h2-11,22H,12H2,1H3,(H,23,25)(H,24,26). The molecule has 3 aromatic rings. The molecule has 0 saturated carbocycles. The van der Waals surface area contributed by atoms with E-state index in [1.165, 1.54) is 36.6 Å². The molecule has 0 spiro atoms. The maximum Gasteiger partial charge on any atom is 0.270 e. The Morgan fingerprint density at radius 1 is 1.00 bits per heavy atom. The first kappa shape index (κ1) is 21.6. The van der Waals surface area contributed by atoms with Crippen LogP contribution in [0.3, 0.4) is 0 Å². The Hall–Kier alpha value is -3.14. The van der Waals surface area contributed by atoms with E-state index in [0.717, 1.165) is 0 Å². The van der Waals surface area contributed by atoms with E-state index in [0.29, 0.717) is 16.3 Å². The topological polar surface area (TPSA) is 118 Å². The van der Waals surface area contributed by atoms with Gasteiger partial charge in [-0.05, 0) is 55.0 Å². The Labute approximate surface area is 178 Å². The average molecular weight is 448 g/mol. The summed E-state index contributed by atoms with van der Waals surface area (Å²) < 4.78 is 32.6. The van der Waals surface area contributed by atoms with Crippen molar-refractivity contribution in [1.29, 1.82) is 0 Å². The molecule has 10 heteroatoms. The Bertz CT molecular complexity index is 1180. The number of halogens is 1. The van der Waals surface area contributed by atoms with Gasteiger partial charge in [-0.2, -0.15) is 0 Å². The number of carbonyl (C=O) groups excluding carboxylic acids is 2. The summed E-state index contributed by atoms with van der Waals surface area (Å²) in [6.45, 7) is 1.63. The zero-order chi connectivity index (χ0) is 21.7. The summed E-state index contributed by atoms with van der Waals surface area (Å²) in [7, 11) is -3.88. The van der Waals surface area contributed by atoms with Crippen LogP contribution in [0.1, 0.15) is 32.0 Å². The highest BCUT2D eigenvalue weighted by molar-refractivity contribution is 7.89. The zero-order valence-electron chi connectivity index (χ0n) is 15.8. The minimum atomic E-state index is -3.88. The number of hydrogen-bond acceptors (Lipinski definition) is 5. The van der Waals surface area contributed by atoms with E-state index in [1.54, 1.807) is 31.2 Å². The zero-order valence-corrected chi connectivity index (χ0v) is 17.4. The molecule has 0 fully saturated rings. The van der Waals surface area contributed by atoms with Crippen LogP contribution in [0.25, 0.3) is 0 Å². The van der Waals surface area contributed by atoms with Gasteiger partial charge in [-0.3, -0.25) is 20.4 Å². The molecule has 0 atom stereocenters. The molecule has 0 saturated heterocycles. The number of furan rings is 1. The molecule has 1 heterocycles. The molecule has 8 nitrogen and oxygen atoms in total. The van der Waals surface area contributed by atoms with E-state index < -0.39 is 21.8 Å². The lowest BCUT2D eigenvalue weighted by Gasteiger charge is -2.12. The normalized spacial score (nSPS) is 11.1. The van der Waals surface area contributed by atoms with Crippen molar-refractivity contribution < 1.29 is 22.4 Å². The quantitative estimate of drug-likeness (QED) is 0.502. The molecule has 1 aromatic heterocycles. The number of sulfonamides is 1. The van der Waals surface area contributed by atoms with Gasteiger partial charge in [0.15, 0.2) is 0 Å². The molecule has 0 aliphatic carbocycles. The molecular formula is C20H18ClN3O5S. The minimum absolute atomic E-state index is 0.0273. The van der Waals surface area contributed by atoms with Crippen molar-refractivity contribution >= 4 is 33.4 Å². The van der Waals surface area contributed by atoms with Crippen molar-refractivity contribution in [3.63, 3.8) is 0 Å². The summed E-state index contributed by atoms with van der Waals surface area (Å²) in [5.74, 6) is -0.772. The number of carbonyl (C=O) groups is 2. The van der Waals surface area contributed by atoms with Gasteiger partial charge >= 0.3 is 0 Å². The van der Waals surface area contributed by atoms with Crippen LogP contribution in [0.5, 0.6) is 0 Å². The first-order valence-corrected chi connectivity index (χ1v) is 10.6. The van der Waals surface area contributed by atoms with Crippen LogP contribution in [0.15, 0.2) is 70.2 Å². The van der Waals surface area contributed by atoms with Gasteiger partial charge in [0.05, 0.1) is 17.7 Å². The van der Waals surface area contributed by atoms with Gasteiger partial charge in [0.2, 0.25) is 10.0 Å². The van der Waals surface area contributed by atoms with Gasteiger partial charge in [-0.25, -0.2) is 13.1 Å². The van der Waals surface area contributed by atoms with Crippen molar-refractivity contribution in [2.45, 2.75) is 18.4 Å². The van der Waals surface area contributed by atoms with Gasteiger partial charge in [0.25, 0.3) is 11.8 Å². The second kappa shape index (κ2) is 9.12. The lowest BCUT2D eigenvalue weighted by molar-refractivity contribution is 0.0846. The van der Waals surface area contributed by atoms with Crippen LogP contribution in [0.4, 0.5) is 0 Å². The number of nitrogens with one attached hydrogen (secondary N) is 3. The van der Waals surface area contributed by atoms with Gasteiger partial charge in [-0.1, -0.05) is 23.7 Å². The van der Waals surface area contributed by atoms with Crippen molar-refractivity contribution in [2.75, 3.05) is 0 Å². The van der Waals surface area contributed by atoms with Crippen molar-refractivity contribution in [3.8, 4) is 0 Å². The highest BCUT2D eigenvalue weighted by atomic mass is 35.5. The molecule has 0 aliphatic heterocycles. The highest BCUT2D eigenvalue weighted by Crippen LogP contribution is 2.16. The molecule has 0 bridgehead atoms. The van der Waals surface area contributed by atoms with Crippen LogP contribution < -0.4 is 15.6 Å². The van der Waals surface area contributed by atoms with Crippen molar-refractivity contribution in [3.05, 3.63) is 88.3 Å². The fraction of sp³-hybridized carbons (Fsp3) is 0.100. The molecule has 2 amide bonds. The van der Waals surface area contributed by atoms with E-state index >= 15 is 0 Å². The smallest absolute Gasteiger partial charge is 0.270 e. The number of amides is 2. The van der Waals surface area contributed by atoms with E-state index in [4.69, 9.17) is 16.0 Å². The summed E-state index contributed by atoms with van der Waals surface area (Å²) in [6.07, 6.45) is 1.44. The third kappa shape index (κ3) is 5.26. The number of aryl methyl sites for hydroxylation is 1. The number of rotatable bonds is 6. The molecule has 3 N–H and O–H groups in total. The maximum absolute atomic E-state index is 12.5. The molecule has 0 aliphatic rings. The van der Waals surface area contributed by atoms with Crippen LogP contribution >= 0.6 is 11.6 Å². The van der Waals surface area contributed by atoms with Gasteiger partial charge in [0, 0.05) is 16.1 Å². The number of benzene rings is 2. The third-order valence-electron chi connectivity index (χ3n) is 4.16. The monoisotopic (exact) mass is 447 g/mol. The maximum atomic E-state index is 12.5. The van der Waals surface area contributed by atoms with Gasteiger partial charge in [-0.15, -0.1) is 0 Å². The predicted octanol–water partition coefficient (Wildman–Crippen LogP) is 2.79. The Morgan fingerprint density at radius 3 is 2.47 bits per heavy atom. The summed E-state index contributed by atoms with van der Waals surface area (Å²) in [4.78, 5) is 24.6. The summed E-state index contributed by atoms with van der Waals surface area (Å²) in [6, 6.07) is 13.6. The Balaban J connectivity index is 1.70. The first-order chi connectivity index (χ1) is 14.3. The predicted molar refractivity (Wildman–Crippen MR) is 110 cm³/mol. The van der Waals surface area contributed by atoms with Crippen LogP contribution in [0.2, 0.25) is 5.02 Å². The lowest BCUT2D eigenvalue weighted by Crippen LogP contribution is -2.42. The van der Waals surface area contributed by atoms with E-state index in [-0.39, 0.29) is 22.6 Å². The fourth-order valence-electron chi connectivity index (χ4n) is 2.56. The second-order valence-electron chi connectivity index (χ2n) is 6.30. The molecular weight excluding hydrogens is 430 g/mol. The molecule has 0 radical (unpaired) electrons. The van der Waals surface area contributed by atoms with Crippen LogP contribution in [0, 0.1) is 6.92 Å². The molecule has 156 valence electrons. The second-order valence-corrected chi connectivity index (χ2v) is 8.50. The SMILES string of the molecule is Cc1ccc(S(=O)(=O)NCc2ccco2)cc1C(=O)NNC(=O)c1cccc(Cl)c1. The third-order valence-corrected chi connectivity index (χ3v) is 5.79.